The Morgan fingerprint density at radius 3 is 2.54 bits per heavy atom. The lowest BCUT2D eigenvalue weighted by Gasteiger charge is -2.19. The summed E-state index contributed by atoms with van der Waals surface area (Å²) in [5.74, 6) is -0.580. The molecule has 10 heteroatoms. The molecule has 1 aliphatic rings. The van der Waals surface area contributed by atoms with Crippen molar-refractivity contribution in [3.8, 4) is 0 Å². The first kappa shape index (κ1) is 20.9. The lowest BCUT2D eigenvalue weighted by Crippen LogP contribution is -2.44. The molecule has 0 aromatic heterocycles. The molecule has 1 aromatic rings. The van der Waals surface area contributed by atoms with Gasteiger partial charge in [0.25, 0.3) is 0 Å². The van der Waals surface area contributed by atoms with Gasteiger partial charge in [-0.15, -0.1) is 0 Å². The maximum Gasteiger partial charge on any atom is 0.236 e. The second-order valence-corrected chi connectivity index (χ2v) is 10.5. The normalized spacial score (nSPS) is 19.9. The number of amides is 1. The number of sulfone groups is 1. The molecule has 1 unspecified atom stereocenters. The Bertz CT molecular complexity index is 880. The molecule has 7 nitrogen and oxygen atoms in total. The Morgan fingerprint density at radius 1 is 1.35 bits per heavy atom. The van der Waals surface area contributed by atoms with Crippen molar-refractivity contribution in [1.82, 2.24) is 9.62 Å². The van der Waals surface area contributed by atoms with Gasteiger partial charge < -0.3 is 5.32 Å². The van der Waals surface area contributed by atoms with Crippen molar-refractivity contribution in [2.24, 2.45) is 0 Å². The Kier molecular flexibility index (Phi) is 6.84. The largest absolute Gasteiger partial charge is 0.351 e. The molecule has 26 heavy (non-hydrogen) atoms. The number of hydrogen-bond acceptors (Lipinski definition) is 5. The van der Waals surface area contributed by atoms with Gasteiger partial charge in [-0.2, -0.15) is 4.31 Å². The Hall–Kier alpha value is -1.42. The van der Waals surface area contributed by atoms with Crippen LogP contribution >= 0.6 is 11.6 Å². The number of likely N-dealkylation sites (N-methyl/N-ethyl adjacent to an activating group) is 1. The van der Waals surface area contributed by atoms with Gasteiger partial charge in [-0.1, -0.05) is 30.7 Å². The molecule has 0 saturated carbocycles. The molecule has 1 fully saturated rings. The van der Waals surface area contributed by atoms with E-state index in [2.05, 4.69) is 5.32 Å². The molecule has 1 aromatic carbocycles. The fourth-order valence-electron chi connectivity index (χ4n) is 2.55. The highest BCUT2D eigenvalue weighted by molar-refractivity contribution is 7.92. The van der Waals surface area contributed by atoms with Crippen LogP contribution in [0.1, 0.15) is 18.9 Å². The molecule has 0 aliphatic carbocycles. The van der Waals surface area contributed by atoms with Gasteiger partial charge in [0.2, 0.25) is 15.9 Å². The third kappa shape index (κ3) is 6.08. The van der Waals surface area contributed by atoms with E-state index in [1.807, 2.05) is 0 Å². The van der Waals surface area contributed by atoms with E-state index >= 15 is 0 Å². The van der Waals surface area contributed by atoms with Crippen LogP contribution in [-0.4, -0.2) is 57.7 Å². The maximum atomic E-state index is 12.4. The summed E-state index contributed by atoms with van der Waals surface area (Å²) in [6.45, 7) is 1.38. The van der Waals surface area contributed by atoms with E-state index in [0.29, 0.717) is 17.0 Å². The zero-order valence-corrected chi connectivity index (χ0v) is 16.6. The molecule has 1 heterocycles. The number of rotatable bonds is 7. The van der Waals surface area contributed by atoms with Crippen LogP contribution in [-0.2, 0) is 24.7 Å². The van der Waals surface area contributed by atoms with Gasteiger partial charge >= 0.3 is 0 Å². The summed E-state index contributed by atoms with van der Waals surface area (Å²) in [6, 6.07) is 6.19. The van der Waals surface area contributed by atoms with Crippen LogP contribution in [0.2, 0.25) is 5.02 Å². The maximum absolute atomic E-state index is 12.4. The van der Waals surface area contributed by atoms with Crippen LogP contribution in [0.3, 0.4) is 0 Å². The Labute approximate surface area is 159 Å². The minimum atomic E-state index is -3.79. The second kappa shape index (κ2) is 8.51. The van der Waals surface area contributed by atoms with E-state index in [4.69, 9.17) is 11.6 Å². The van der Waals surface area contributed by atoms with Gasteiger partial charge in [0.1, 0.15) is 0 Å². The lowest BCUT2D eigenvalue weighted by molar-refractivity contribution is -0.121. The summed E-state index contributed by atoms with van der Waals surface area (Å²) >= 11 is 5.79. The first-order valence-corrected chi connectivity index (χ1v) is 11.7. The number of benzene rings is 1. The predicted octanol–water partition coefficient (Wildman–Crippen LogP) is 1.27. The average molecular weight is 421 g/mol. The van der Waals surface area contributed by atoms with Crippen molar-refractivity contribution >= 4 is 43.4 Å². The van der Waals surface area contributed by atoms with E-state index in [1.165, 1.54) is 6.08 Å². The molecule has 1 atom stereocenters. The fourth-order valence-corrected chi connectivity index (χ4v) is 5.51. The summed E-state index contributed by atoms with van der Waals surface area (Å²) in [6.07, 6.45) is 1.78. The van der Waals surface area contributed by atoms with Crippen LogP contribution in [0, 0.1) is 0 Å². The topological polar surface area (TPSA) is 101 Å². The van der Waals surface area contributed by atoms with E-state index in [1.54, 1.807) is 31.2 Å². The smallest absolute Gasteiger partial charge is 0.236 e. The molecule has 1 saturated heterocycles. The molecule has 1 N–H and O–H groups in total. The summed E-state index contributed by atoms with van der Waals surface area (Å²) in [7, 11) is -6.90. The van der Waals surface area contributed by atoms with Crippen LogP contribution in [0.15, 0.2) is 29.7 Å². The quantitative estimate of drug-likeness (QED) is 0.715. The van der Waals surface area contributed by atoms with Crippen molar-refractivity contribution in [2.45, 2.75) is 19.4 Å². The Balaban J connectivity index is 1.99. The van der Waals surface area contributed by atoms with Crippen LogP contribution in [0.4, 0.5) is 0 Å². The van der Waals surface area contributed by atoms with Crippen molar-refractivity contribution in [2.75, 3.05) is 24.6 Å². The van der Waals surface area contributed by atoms with E-state index in [9.17, 15) is 21.6 Å². The molecule has 1 amide bonds. The summed E-state index contributed by atoms with van der Waals surface area (Å²) in [4.78, 5) is 12.1. The van der Waals surface area contributed by atoms with Crippen molar-refractivity contribution < 1.29 is 21.6 Å². The zero-order valence-electron chi connectivity index (χ0n) is 14.3. The number of nitrogens with zero attached hydrogens (tertiary/aromatic N) is 1. The number of carbonyl (C=O) groups is 1. The molecule has 0 bridgehead atoms. The number of sulfonamides is 1. The van der Waals surface area contributed by atoms with Crippen molar-refractivity contribution in [3.63, 3.8) is 0 Å². The molecule has 0 radical (unpaired) electrons. The minimum absolute atomic E-state index is 0.0393. The number of halogens is 1. The van der Waals surface area contributed by atoms with E-state index in [-0.39, 0.29) is 24.6 Å². The van der Waals surface area contributed by atoms with Gasteiger partial charge in [0.05, 0.1) is 18.1 Å². The molecule has 2 rings (SSSR count). The van der Waals surface area contributed by atoms with Gasteiger partial charge in [-0.3, -0.25) is 4.79 Å². The first-order chi connectivity index (χ1) is 12.1. The molecule has 144 valence electrons. The van der Waals surface area contributed by atoms with Gasteiger partial charge in [0.15, 0.2) is 9.84 Å². The minimum Gasteiger partial charge on any atom is -0.351 e. The number of hydrogen-bond donors (Lipinski definition) is 1. The SMILES string of the molecule is CCN(CC(=O)NC1CCS(=O)(=O)C1)S(=O)(=O)/C=C/c1ccc(Cl)cc1. The summed E-state index contributed by atoms with van der Waals surface area (Å²) in [5.41, 5.74) is 0.662. The number of nitrogens with one attached hydrogen (secondary N) is 1. The van der Waals surface area contributed by atoms with E-state index < -0.39 is 31.8 Å². The molecular weight excluding hydrogens is 400 g/mol. The van der Waals surface area contributed by atoms with Gasteiger partial charge in [-0.05, 0) is 30.2 Å². The lowest BCUT2D eigenvalue weighted by atomic mass is 10.2. The third-order valence-electron chi connectivity index (χ3n) is 3.93. The van der Waals surface area contributed by atoms with Crippen molar-refractivity contribution in [1.29, 1.82) is 0 Å². The van der Waals surface area contributed by atoms with Gasteiger partial charge in [-0.25, -0.2) is 16.8 Å². The van der Waals surface area contributed by atoms with Crippen LogP contribution < -0.4 is 5.32 Å². The van der Waals surface area contributed by atoms with Gasteiger partial charge in [0, 0.05) is 23.0 Å². The predicted molar refractivity (Wildman–Crippen MR) is 102 cm³/mol. The fraction of sp³-hybridized carbons (Fsp3) is 0.438. The summed E-state index contributed by atoms with van der Waals surface area (Å²) in [5, 5.41) is 4.17. The first-order valence-electron chi connectivity index (χ1n) is 8.05. The molecule has 1 aliphatic heterocycles. The standard InChI is InChI=1S/C16H21ClN2O5S2/c1-2-19(11-16(20)18-15-8-9-25(21,22)12-15)26(23,24)10-7-13-3-5-14(17)6-4-13/h3-7,10,15H,2,8-9,11-12H2,1H3,(H,18,20)/b10-7+. The number of carbonyl (C=O) groups excluding carboxylic acids is 1. The highest BCUT2D eigenvalue weighted by atomic mass is 35.5. The summed E-state index contributed by atoms with van der Waals surface area (Å²) < 4.78 is 48.7. The molecular formula is C16H21ClN2O5S2. The second-order valence-electron chi connectivity index (χ2n) is 5.99. The monoisotopic (exact) mass is 420 g/mol. The highest BCUT2D eigenvalue weighted by Crippen LogP contribution is 2.13. The van der Waals surface area contributed by atoms with Crippen LogP contribution in [0.25, 0.3) is 6.08 Å². The Morgan fingerprint density at radius 2 is 2.00 bits per heavy atom. The highest BCUT2D eigenvalue weighted by Gasteiger charge is 2.30. The zero-order chi connectivity index (χ0) is 19.4. The van der Waals surface area contributed by atoms with Crippen LogP contribution in [0.5, 0.6) is 0 Å². The van der Waals surface area contributed by atoms with E-state index in [0.717, 1.165) is 9.71 Å². The average Bonchev–Trinajstić information content (AvgIpc) is 2.90. The van der Waals surface area contributed by atoms with Crippen molar-refractivity contribution in [3.05, 3.63) is 40.3 Å². The molecule has 0 spiro atoms. The third-order valence-corrected chi connectivity index (χ3v) is 7.54.